The molecule has 0 saturated heterocycles. The number of thioether (sulfide) groups is 1. The van der Waals surface area contributed by atoms with Crippen LogP contribution in [0.2, 0.25) is 0 Å². The number of rotatable bonds is 4. The van der Waals surface area contributed by atoms with E-state index in [-0.39, 0.29) is 10.7 Å². The Morgan fingerprint density at radius 1 is 1.42 bits per heavy atom. The molecular weight excluding hydrogens is 260 g/mol. The van der Waals surface area contributed by atoms with E-state index < -0.39 is 0 Å². The van der Waals surface area contributed by atoms with Crippen molar-refractivity contribution in [3.05, 3.63) is 23.7 Å². The molecule has 0 amide bonds. The van der Waals surface area contributed by atoms with Crippen LogP contribution in [0.15, 0.2) is 15.8 Å². The fraction of sp³-hybridized carbons (Fsp3) is 0.615. The Bertz CT molecular complexity index is 541. The third kappa shape index (κ3) is 3.37. The van der Waals surface area contributed by atoms with Crippen LogP contribution in [-0.4, -0.2) is 20.2 Å². The molecule has 5 nitrogen and oxygen atoms in total. The maximum atomic E-state index is 5.82. The van der Waals surface area contributed by atoms with Gasteiger partial charge in [0.2, 0.25) is 11.0 Å². The van der Waals surface area contributed by atoms with Gasteiger partial charge in [-0.3, -0.25) is 5.10 Å². The summed E-state index contributed by atoms with van der Waals surface area (Å²) in [6.45, 7) is 10.4. The van der Waals surface area contributed by atoms with Crippen LogP contribution in [0.5, 0.6) is 0 Å². The van der Waals surface area contributed by atoms with E-state index in [4.69, 9.17) is 4.42 Å². The maximum Gasteiger partial charge on any atom is 0.209 e. The van der Waals surface area contributed by atoms with Crippen LogP contribution in [0, 0.1) is 0 Å². The van der Waals surface area contributed by atoms with Crippen molar-refractivity contribution >= 4 is 11.8 Å². The first kappa shape index (κ1) is 14.1. The summed E-state index contributed by atoms with van der Waals surface area (Å²) in [4.78, 5) is 8.73. The second kappa shape index (κ2) is 5.36. The van der Waals surface area contributed by atoms with Crippen LogP contribution in [0.1, 0.15) is 57.3 Å². The van der Waals surface area contributed by atoms with E-state index in [1.54, 1.807) is 11.8 Å². The Kier molecular flexibility index (Phi) is 3.99. The molecule has 0 spiro atoms. The minimum atomic E-state index is -0.0183. The minimum Gasteiger partial charge on any atom is -0.444 e. The summed E-state index contributed by atoms with van der Waals surface area (Å²) >= 11 is 1.55. The van der Waals surface area contributed by atoms with Crippen LogP contribution in [0.25, 0.3) is 0 Å². The van der Waals surface area contributed by atoms with Crippen molar-refractivity contribution in [2.75, 3.05) is 0 Å². The van der Waals surface area contributed by atoms with E-state index in [2.05, 4.69) is 40.9 Å². The molecule has 1 atom stereocenters. The van der Waals surface area contributed by atoms with Gasteiger partial charge in [-0.1, -0.05) is 39.5 Å². The molecule has 0 aromatic carbocycles. The Labute approximate surface area is 117 Å². The molecule has 2 rings (SSSR count). The third-order valence-electron chi connectivity index (χ3n) is 2.74. The monoisotopic (exact) mass is 280 g/mol. The Balaban J connectivity index is 2.07. The molecule has 6 heteroatoms. The van der Waals surface area contributed by atoms with Gasteiger partial charge in [0.25, 0.3) is 0 Å². The second-order valence-corrected chi connectivity index (χ2v) is 6.80. The van der Waals surface area contributed by atoms with Gasteiger partial charge in [-0.05, 0) is 6.92 Å². The number of oxazole rings is 1. The van der Waals surface area contributed by atoms with Crippen molar-refractivity contribution in [2.24, 2.45) is 0 Å². The molecule has 0 fully saturated rings. The third-order valence-corrected chi connectivity index (χ3v) is 3.69. The lowest BCUT2D eigenvalue weighted by Gasteiger charge is -2.13. The summed E-state index contributed by atoms with van der Waals surface area (Å²) < 4.78 is 5.82. The minimum absolute atomic E-state index is 0.0183. The highest BCUT2D eigenvalue weighted by atomic mass is 32.2. The molecule has 1 N–H and O–H groups in total. The van der Waals surface area contributed by atoms with Gasteiger partial charge in [-0.15, -0.1) is 5.10 Å². The molecule has 0 saturated carbocycles. The number of aryl methyl sites for hydroxylation is 1. The summed E-state index contributed by atoms with van der Waals surface area (Å²) in [6, 6.07) is 0. The number of aromatic nitrogens is 4. The smallest absolute Gasteiger partial charge is 0.209 e. The van der Waals surface area contributed by atoms with E-state index in [0.29, 0.717) is 0 Å². The fourth-order valence-electron chi connectivity index (χ4n) is 1.52. The molecule has 104 valence electrons. The van der Waals surface area contributed by atoms with Gasteiger partial charge >= 0.3 is 0 Å². The summed E-state index contributed by atoms with van der Waals surface area (Å²) in [6.07, 6.45) is 2.66. The summed E-state index contributed by atoms with van der Waals surface area (Å²) in [5.74, 6) is 2.52. The lowest BCUT2D eigenvalue weighted by Crippen LogP contribution is -2.09. The normalized spacial score (nSPS) is 13.7. The van der Waals surface area contributed by atoms with E-state index in [1.807, 2.05) is 20.0 Å². The number of nitrogens with one attached hydrogen (secondary N) is 1. The molecule has 2 aromatic heterocycles. The average Bonchev–Trinajstić information content (AvgIpc) is 2.96. The van der Waals surface area contributed by atoms with E-state index >= 15 is 0 Å². The van der Waals surface area contributed by atoms with Crippen molar-refractivity contribution in [3.63, 3.8) is 0 Å². The Morgan fingerprint density at radius 3 is 2.68 bits per heavy atom. The second-order valence-electron chi connectivity index (χ2n) is 5.49. The van der Waals surface area contributed by atoms with E-state index in [0.717, 1.165) is 29.1 Å². The maximum absolute atomic E-state index is 5.82. The molecule has 0 aliphatic heterocycles. The lowest BCUT2D eigenvalue weighted by atomic mass is 9.94. The van der Waals surface area contributed by atoms with Gasteiger partial charge in [0.05, 0.1) is 11.4 Å². The average molecular weight is 280 g/mol. The molecule has 0 bridgehead atoms. The van der Waals surface area contributed by atoms with E-state index in [1.165, 1.54) is 0 Å². The quantitative estimate of drug-likeness (QED) is 0.868. The summed E-state index contributed by atoms with van der Waals surface area (Å²) in [5.41, 5.74) is -0.0183. The van der Waals surface area contributed by atoms with Crippen molar-refractivity contribution in [1.29, 1.82) is 0 Å². The number of hydrogen-bond donors (Lipinski definition) is 1. The van der Waals surface area contributed by atoms with Crippen LogP contribution in [-0.2, 0) is 11.8 Å². The number of H-pyrrole nitrogens is 1. The van der Waals surface area contributed by atoms with Crippen molar-refractivity contribution in [3.8, 4) is 0 Å². The zero-order valence-electron chi connectivity index (χ0n) is 12.0. The topological polar surface area (TPSA) is 67.6 Å². The van der Waals surface area contributed by atoms with Crippen LogP contribution in [0.3, 0.4) is 0 Å². The van der Waals surface area contributed by atoms with Gasteiger partial charge in [-0.25, -0.2) is 9.97 Å². The van der Waals surface area contributed by atoms with E-state index in [9.17, 15) is 0 Å². The van der Waals surface area contributed by atoms with Gasteiger partial charge in [0.15, 0.2) is 0 Å². The standard InChI is InChI=1S/C13H20N4OS/c1-6-10-15-12(17-16-10)19-8(2)11-14-7-9(18-11)13(3,4)5/h7-8H,6H2,1-5H3,(H,15,16,17)/t8-/m1/s1. The predicted molar refractivity (Wildman–Crippen MR) is 75.2 cm³/mol. The van der Waals surface area contributed by atoms with Crippen molar-refractivity contribution < 1.29 is 4.42 Å². The van der Waals surface area contributed by atoms with Gasteiger partial charge < -0.3 is 4.42 Å². The van der Waals surface area contributed by atoms with Crippen LogP contribution < -0.4 is 0 Å². The van der Waals surface area contributed by atoms with Gasteiger partial charge in [0.1, 0.15) is 11.6 Å². The van der Waals surface area contributed by atoms with Crippen LogP contribution >= 0.6 is 11.8 Å². The molecule has 2 heterocycles. The zero-order chi connectivity index (χ0) is 14.0. The Hall–Kier alpha value is -1.30. The largest absolute Gasteiger partial charge is 0.444 e. The molecule has 2 aromatic rings. The molecular formula is C13H20N4OS. The van der Waals surface area contributed by atoms with Crippen LogP contribution in [0.4, 0.5) is 0 Å². The number of aromatic amines is 1. The fourth-order valence-corrected chi connectivity index (χ4v) is 2.31. The molecule has 0 unspecified atom stereocenters. The highest BCUT2D eigenvalue weighted by Gasteiger charge is 2.22. The van der Waals surface area contributed by atoms with Crippen molar-refractivity contribution in [2.45, 2.75) is 56.9 Å². The number of hydrogen-bond acceptors (Lipinski definition) is 5. The highest BCUT2D eigenvalue weighted by molar-refractivity contribution is 7.99. The lowest BCUT2D eigenvalue weighted by molar-refractivity contribution is 0.383. The summed E-state index contributed by atoms with van der Waals surface area (Å²) in [5, 5.41) is 7.90. The highest BCUT2D eigenvalue weighted by Crippen LogP contribution is 2.34. The number of nitrogens with zero attached hydrogens (tertiary/aromatic N) is 3. The first-order chi connectivity index (χ1) is 8.90. The van der Waals surface area contributed by atoms with Gasteiger partial charge in [0, 0.05) is 11.8 Å². The van der Waals surface area contributed by atoms with Crippen molar-refractivity contribution in [1.82, 2.24) is 20.2 Å². The first-order valence-corrected chi connectivity index (χ1v) is 7.32. The molecule has 0 aliphatic carbocycles. The predicted octanol–water partition coefficient (Wildman–Crippen LogP) is 3.51. The summed E-state index contributed by atoms with van der Waals surface area (Å²) in [7, 11) is 0. The zero-order valence-corrected chi connectivity index (χ0v) is 12.8. The molecule has 0 aliphatic rings. The molecule has 19 heavy (non-hydrogen) atoms. The Morgan fingerprint density at radius 2 is 2.16 bits per heavy atom. The van der Waals surface area contributed by atoms with Gasteiger partial charge in [-0.2, -0.15) is 0 Å². The first-order valence-electron chi connectivity index (χ1n) is 6.44. The SMILES string of the molecule is CCc1nc(S[C@H](C)c2ncc(C(C)(C)C)o2)n[nH]1. The molecule has 0 radical (unpaired) electrons.